The van der Waals surface area contributed by atoms with E-state index in [4.69, 9.17) is 30.2 Å². The number of nitrogens with one attached hydrogen (secondary N) is 3. The Morgan fingerprint density at radius 3 is 1.59 bits per heavy atom. The number of esters is 1. The first-order valence-electron chi connectivity index (χ1n) is 22.8. The smallest absolute Gasteiger partial charge is 0.396 e. The lowest BCUT2D eigenvalue weighted by Crippen LogP contribution is -2.30. The Balaban J connectivity index is 0.000000169. The lowest BCUT2D eigenvalue weighted by molar-refractivity contribution is 0.0556. The Morgan fingerprint density at radius 1 is 0.548 bits per heavy atom. The molecule has 356 valence electrons. The van der Waals surface area contributed by atoms with Gasteiger partial charge >= 0.3 is 11.9 Å². The van der Waals surface area contributed by atoms with Gasteiger partial charge in [0, 0.05) is 48.3 Å². The Kier molecular flexibility index (Phi) is 13.8. The Morgan fingerprint density at radius 2 is 1.07 bits per heavy atom. The second-order valence-corrected chi connectivity index (χ2v) is 16.1. The van der Waals surface area contributed by atoms with Crippen LogP contribution in [0.25, 0.3) is 78.3 Å². The number of fused-ring (bicyclic) bond motifs is 2. The molecular weight excluding hydrogens is 921 g/mol. The molecule has 73 heavy (non-hydrogen) atoms. The van der Waals surface area contributed by atoms with Gasteiger partial charge in [-0.15, -0.1) is 10.2 Å². The fourth-order valence-electron chi connectivity index (χ4n) is 7.91. The molecule has 4 aromatic carbocycles. The third kappa shape index (κ3) is 10.5. The van der Waals surface area contributed by atoms with Gasteiger partial charge in [0.05, 0.1) is 64.5 Å². The number of ether oxygens (including phenoxy) is 1. The first-order chi connectivity index (χ1) is 35.9. The van der Waals surface area contributed by atoms with Crippen molar-refractivity contribution in [2.24, 2.45) is 5.84 Å². The molecule has 0 unspecified atom stereocenters. The molecule has 0 aliphatic carbocycles. The highest BCUT2D eigenvalue weighted by atomic mass is 16.5. The minimum Gasteiger partial charge on any atom is -0.462 e. The summed E-state index contributed by atoms with van der Waals surface area (Å²) in [6, 6.07) is 47.2. The Bertz CT molecular complexity index is 3720. The van der Waals surface area contributed by atoms with Crippen molar-refractivity contribution in [3.8, 4) is 56.5 Å². The van der Waals surface area contributed by atoms with Crippen LogP contribution in [0.15, 0.2) is 187 Å². The van der Waals surface area contributed by atoms with Gasteiger partial charge in [0.15, 0.2) is 11.6 Å². The van der Waals surface area contributed by atoms with Crippen LogP contribution in [0.5, 0.6) is 0 Å². The maximum atomic E-state index is 12.0. The lowest BCUT2D eigenvalue weighted by Gasteiger charge is -2.14. The summed E-state index contributed by atoms with van der Waals surface area (Å²) in [6.45, 7) is 0.968. The predicted molar refractivity (Wildman–Crippen MR) is 276 cm³/mol. The molecule has 0 aliphatic heterocycles. The van der Waals surface area contributed by atoms with Crippen LogP contribution in [0, 0.1) is 0 Å². The summed E-state index contributed by atoms with van der Waals surface area (Å²) < 4.78 is 10.1. The van der Waals surface area contributed by atoms with E-state index in [2.05, 4.69) is 87.3 Å². The molecule has 18 nitrogen and oxygen atoms in total. The Labute approximate surface area is 416 Å². The molecule has 0 bridgehead atoms. The van der Waals surface area contributed by atoms with Crippen molar-refractivity contribution < 1.29 is 18.7 Å². The number of carbonyl (C=O) groups is 2. The number of pyridine rings is 4. The lowest BCUT2D eigenvalue weighted by atomic mass is 10.0. The number of hydrogen-bond acceptors (Lipinski definition) is 17. The minimum atomic E-state index is -0.714. The highest BCUT2D eigenvalue weighted by molar-refractivity contribution is 6.04. The van der Waals surface area contributed by atoms with Gasteiger partial charge in [-0.25, -0.2) is 30.6 Å². The van der Waals surface area contributed by atoms with E-state index >= 15 is 0 Å². The van der Waals surface area contributed by atoms with Crippen molar-refractivity contribution in [2.75, 3.05) is 17.7 Å². The number of rotatable bonds is 13. The molecule has 1 amide bonds. The van der Waals surface area contributed by atoms with Gasteiger partial charge in [-0.1, -0.05) is 97.1 Å². The maximum absolute atomic E-state index is 12.0. The molecule has 11 rings (SSSR count). The SMILES string of the molecule is COC(=O)c1nnc(-c2cncc(-c3nc(NCc4ccccn4)c4c(-c5ccccc5)cccc4n3)c2)o1.NNC(=O)c1cncc(-c2nc(NCc3ccccn3)c3c(-c4ccccc4)cccc3n2)c1. The van der Waals surface area contributed by atoms with E-state index in [1.54, 1.807) is 43.1 Å². The number of anilines is 2. The van der Waals surface area contributed by atoms with E-state index in [1.807, 2.05) is 97.1 Å². The van der Waals surface area contributed by atoms with Gasteiger partial charge in [0.2, 0.25) is 5.89 Å². The number of nitrogens with zero attached hydrogens (tertiary/aromatic N) is 10. The van der Waals surface area contributed by atoms with Crippen LogP contribution in [0.3, 0.4) is 0 Å². The van der Waals surface area contributed by atoms with Crippen molar-refractivity contribution in [1.82, 2.24) is 55.5 Å². The van der Waals surface area contributed by atoms with Crippen LogP contribution in [-0.4, -0.2) is 69.1 Å². The third-order valence-electron chi connectivity index (χ3n) is 11.4. The van der Waals surface area contributed by atoms with Crippen molar-refractivity contribution in [1.29, 1.82) is 0 Å². The summed E-state index contributed by atoms with van der Waals surface area (Å²) in [5.74, 6) is 6.25. The molecule has 0 atom stereocenters. The van der Waals surface area contributed by atoms with Gasteiger partial charge in [-0.2, -0.15) is 0 Å². The fourth-order valence-corrected chi connectivity index (χ4v) is 7.91. The number of aromatic nitrogens is 10. The standard InChI is InChI=1S/C29H21N7O3.C26H21N7O/c1-38-29(37)28-36-35-27(39-28)20-14-19(15-30-16-20)25-33-23-12-7-11-22(18-8-3-2-4-9-18)24(23)26(34-25)32-17-21-10-5-6-13-31-21;27-33-26(34)19-13-18(14-28-15-19)24-31-22-11-6-10-21(17-7-2-1-3-8-17)23(22)25(32-24)30-16-20-9-4-5-12-29-20/h2-16H,17H2,1H3,(H,32,33,34);1-15H,16,27H2,(H,33,34)(H,30,31,32). The van der Waals surface area contributed by atoms with Gasteiger partial charge < -0.3 is 19.8 Å². The fraction of sp³-hybridized carbons (Fsp3) is 0.0545. The average molecular weight is 963 g/mol. The molecule has 11 aromatic rings. The third-order valence-corrected chi connectivity index (χ3v) is 11.4. The van der Waals surface area contributed by atoms with Gasteiger partial charge in [-0.3, -0.25) is 30.2 Å². The van der Waals surface area contributed by atoms with Gasteiger partial charge in [-0.05, 0) is 70.8 Å². The molecule has 0 aliphatic rings. The molecular formula is C55H42N14O4. The predicted octanol–water partition coefficient (Wildman–Crippen LogP) is 9.17. The number of nitrogen functional groups attached to an aromatic ring is 1. The van der Waals surface area contributed by atoms with Crippen LogP contribution >= 0.6 is 0 Å². The maximum Gasteiger partial charge on any atom is 0.396 e. The quantitative estimate of drug-likeness (QED) is 0.0364. The van der Waals surface area contributed by atoms with Crippen LogP contribution in [0.1, 0.15) is 32.4 Å². The Hall–Kier alpha value is -10.2. The molecule has 0 radical (unpaired) electrons. The number of hydrazine groups is 1. The van der Waals surface area contributed by atoms with Crippen LogP contribution in [0.2, 0.25) is 0 Å². The van der Waals surface area contributed by atoms with Gasteiger partial charge in [0.25, 0.3) is 5.91 Å². The van der Waals surface area contributed by atoms with E-state index in [0.717, 1.165) is 55.4 Å². The molecule has 0 spiro atoms. The molecule has 0 fully saturated rings. The number of amides is 1. The normalized spacial score (nSPS) is 10.8. The molecule has 7 aromatic heterocycles. The van der Waals surface area contributed by atoms with E-state index in [-0.39, 0.29) is 11.8 Å². The first kappa shape index (κ1) is 46.5. The number of methoxy groups -OCH3 is 1. The summed E-state index contributed by atoms with van der Waals surface area (Å²) in [7, 11) is 1.24. The van der Waals surface area contributed by atoms with Crippen LogP contribution < -0.4 is 21.9 Å². The number of nitrogens with two attached hydrogens (primary N) is 1. The molecule has 5 N–H and O–H groups in total. The van der Waals surface area contributed by atoms with Crippen molar-refractivity contribution in [3.63, 3.8) is 0 Å². The van der Waals surface area contributed by atoms with Crippen molar-refractivity contribution in [3.05, 3.63) is 206 Å². The second kappa shape index (κ2) is 21.6. The van der Waals surface area contributed by atoms with Crippen molar-refractivity contribution in [2.45, 2.75) is 13.1 Å². The monoisotopic (exact) mass is 962 g/mol. The van der Waals surface area contributed by atoms with Crippen LogP contribution in [-0.2, 0) is 17.8 Å². The van der Waals surface area contributed by atoms with Crippen molar-refractivity contribution >= 4 is 45.3 Å². The summed E-state index contributed by atoms with van der Waals surface area (Å²) >= 11 is 0. The van der Waals surface area contributed by atoms with E-state index in [1.165, 1.54) is 13.3 Å². The minimum absolute atomic E-state index is 0.130. The zero-order valence-corrected chi connectivity index (χ0v) is 38.9. The number of hydrogen-bond donors (Lipinski definition) is 4. The molecule has 0 saturated carbocycles. The van der Waals surface area contributed by atoms with E-state index in [9.17, 15) is 9.59 Å². The molecule has 18 heteroatoms. The summed E-state index contributed by atoms with van der Waals surface area (Å²) in [4.78, 5) is 60.5. The zero-order chi connectivity index (χ0) is 49.9. The molecule has 7 heterocycles. The zero-order valence-electron chi connectivity index (χ0n) is 38.9. The van der Waals surface area contributed by atoms with Gasteiger partial charge in [0.1, 0.15) is 11.6 Å². The number of benzene rings is 4. The van der Waals surface area contributed by atoms with E-state index in [0.29, 0.717) is 58.6 Å². The summed E-state index contributed by atoms with van der Waals surface area (Å²) in [6.07, 6.45) is 9.81. The highest BCUT2D eigenvalue weighted by Crippen LogP contribution is 2.36. The topological polar surface area (TPSA) is 248 Å². The summed E-state index contributed by atoms with van der Waals surface area (Å²) in [5, 5.41) is 16.4. The van der Waals surface area contributed by atoms with E-state index < -0.39 is 11.9 Å². The van der Waals surface area contributed by atoms with Crippen LogP contribution in [0.4, 0.5) is 11.6 Å². The largest absolute Gasteiger partial charge is 0.462 e. The summed E-state index contributed by atoms with van der Waals surface area (Å²) in [5.41, 5.74) is 11.7. The average Bonchev–Trinajstić information content (AvgIpc) is 3.97. The second-order valence-electron chi connectivity index (χ2n) is 16.1. The first-order valence-corrected chi connectivity index (χ1v) is 22.8. The molecule has 0 saturated heterocycles. The highest BCUT2D eigenvalue weighted by Gasteiger charge is 2.20. The number of carbonyl (C=O) groups excluding carboxylic acids is 2.